The van der Waals surface area contributed by atoms with E-state index in [1.807, 2.05) is 18.2 Å². The monoisotopic (exact) mass is 442 g/mol. The molecule has 1 N–H and O–H groups in total. The lowest BCUT2D eigenvalue weighted by Gasteiger charge is -2.41. The maximum absolute atomic E-state index is 14.0. The number of carbonyl (C=O) groups is 1. The highest BCUT2D eigenvalue weighted by Crippen LogP contribution is 2.41. The number of alkyl halides is 1. The molecule has 2 aliphatic carbocycles. The summed E-state index contributed by atoms with van der Waals surface area (Å²) in [6.45, 7) is 4.01. The van der Waals surface area contributed by atoms with E-state index in [4.69, 9.17) is 4.98 Å². The first-order chi connectivity index (χ1) is 14.9. The number of carbonyl (C=O) groups excluding carboxylic acids is 1. The fourth-order valence-corrected chi connectivity index (χ4v) is 6.93. The minimum atomic E-state index is -1.08. The first kappa shape index (κ1) is 19.9. The number of halogens is 1. The summed E-state index contributed by atoms with van der Waals surface area (Å²) in [6, 6.07) is 7.91. The molecule has 2 aromatic rings. The zero-order valence-corrected chi connectivity index (χ0v) is 19.0. The van der Waals surface area contributed by atoms with E-state index < -0.39 is 5.67 Å². The molecule has 0 radical (unpaired) electrons. The van der Waals surface area contributed by atoms with E-state index in [2.05, 4.69) is 15.1 Å². The van der Waals surface area contributed by atoms with Crippen LogP contribution in [0.4, 0.5) is 9.52 Å². The van der Waals surface area contributed by atoms with Crippen LogP contribution in [0.5, 0.6) is 0 Å². The Morgan fingerprint density at radius 1 is 1.10 bits per heavy atom. The van der Waals surface area contributed by atoms with E-state index in [9.17, 15) is 9.18 Å². The number of nitrogens with zero attached hydrogens (tertiary/aromatic N) is 3. The van der Waals surface area contributed by atoms with Gasteiger partial charge in [-0.3, -0.25) is 9.69 Å². The smallest absolute Gasteiger partial charge is 0.251 e. The van der Waals surface area contributed by atoms with Crippen molar-refractivity contribution in [2.45, 2.75) is 88.1 Å². The highest BCUT2D eigenvalue weighted by molar-refractivity contribution is 7.22. The van der Waals surface area contributed by atoms with Gasteiger partial charge in [0.25, 0.3) is 5.91 Å². The standard InChI is InChI=1S/C24H31FN4OS/c1-24(25)10-8-16(9-11-24)26-22(30)15-2-7-20-21(12-15)31-23(27-20)29-18-5-6-19(29)14-28(13-18)17-3-4-17/h2,7,12,16-19H,3-6,8-11,13-14H2,1H3,(H,26,30). The Morgan fingerprint density at radius 3 is 2.45 bits per heavy atom. The molecule has 2 aliphatic heterocycles. The molecule has 2 saturated carbocycles. The van der Waals surface area contributed by atoms with Gasteiger partial charge >= 0.3 is 0 Å². The Balaban J connectivity index is 1.17. The van der Waals surface area contributed by atoms with Crippen LogP contribution in [0, 0.1) is 0 Å². The molecule has 2 bridgehead atoms. The number of nitrogens with one attached hydrogen (secondary N) is 1. The van der Waals surface area contributed by atoms with Gasteiger partial charge in [0.05, 0.1) is 10.2 Å². The first-order valence-electron chi connectivity index (χ1n) is 11.9. The largest absolute Gasteiger partial charge is 0.349 e. The van der Waals surface area contributed by atoms with Crippen molar-refractivity contribution in [1.82, 2.24) is 15.2 Å². The molecule has 166 valence electrons. The maximum atomic E-state index is 14.0. The van der Waals surface area contributed by atoms with Crippen LogP contribution in [0.3, 0.4) is 0 Å². The van der Waals surface area contributed by atoms with Gasteiger partial charge in [-0.05, 0) is 76.5 Å². The fourth-order valence-electron chi connectivity index (χ4n) is 5.78. The van der Waals surface area contributed by atoms with E-state index in [0.29, 0.717) is 43.3 Å². The molecule has 1 aromatic carbocycles. The first-order valence-corrected chi connectivity index (χ1v) is 12.7. The number of hydrogen-bond acceptors (Lipinski definition) is 5. The maximum Gasteiger partial charge on any atom is 0.251 e. The summed E-state index contributed by atoms with van der Waals surface area (Å²) >= 11 is 1.72. The van der Waals surface area contributed by atoms with Gasteiger partial charge in [0.1, 0.15) is 5.67 Å². The molecule has 2 saturated heterocycles. The molecule has 0 spiro atoms. The van der Waals surface area contributed by atoms with Gasteiger partial charge in [0, 0.05) is 42.8 Å². The van der Waals surface area contributed by atoms with Gasteiger partial charge in [0.2, 0.25) is 0 Å². The number of rotatable bonds is 4. The number of aromatic nitrogens is 1. The van der Waals surface area contributed by atoms with Crippen molar-refractivity contribution in [3.8, 4) is 0 Å². The van der Waals surface area contributed by atoms with Gasteiger partial charge in [-0.1, -0.05) is 11.3 Å². The number of fused-ring (bicyclic) bond motifs is 3. The van der Waals surface area contributed by atoms with E-state index >= 15 is 0 Å². The van der Waals surface area contributed by atoms with Crippen LogP contribution in [-0.2, 0) is 0 Å². The summed E-state index contributed by atoms with van der Waals surface area (Å²) in [5, 5.41) is 4.23. The van der Waals surface area contributed by atoms with E-state index in [-0.39, 0.29) is 11.9 Å². The van der Waals surface area contributed by atoms with Crippen LogP contribution >= 0.6 is 11.3 Å². The molecule has 31 heavy (non-hydrogen) atoms. The highest BCUT2D eigenvalue weighted by Gasteiger charge is 2.45. The molecule has 1 amide bonds. The summed E-state index contributed by atoms with van der Waals surface area (Å²) < 4.78 is 15.1. The number of likely N-dealkylation sites (tertiary alicyclic amines) is 1. The number of anilines is 1. The molecule has 2 atom stereocenters. The predicted octanol–water partition coefficient (Wildman–Crippen LogP) is 4.51. The van der Waals surface area contributed by atoms with Gasteiger partial charge in [-0.15, -0.1) is 0 Å². The summed E-state index contributed by atoms with van der Waals surface area (Å²) in [4.78, 5) is 23.0. The Hall–Kier alpha value is -1.73. The number of piperazine rings is 1. The van der Waals surface area contributed by atoms with E-state index in [0.717, 1.165) is 21.4 Å². The average Bonchev–Trinajstić information content (AvgIpc) is 3.46. The third kappa shape index (κ3) is 3.84. The second kappa shape index (κ2) is 7.41. The Morgan fingerprint density at radius 2 is 1.77 bits per heavy atom. The van der Waals surface area contributed by atoms with Gasteiger partial charge in [-0.2, -0.15) is 0 Å². The molecule has 1 aromatic heterocycles. The van der Waals surface area contributed by atoms with Crippen LogP contribution in [0.25, 0.3) is 10.2 Å². The SMILES string of the molecule is CC1(F)CCC(NC(=O)c2ccc3nc(N4C5CCC4CN(C4CC4)C5)sc3c2)CC1. The third-order valence-electron chi connectivity index (χ3n) is 7.80. The van der Waals surface area contributed by atoms with Gasteiger partial charge < -0.3 is 10.2 Å². The third-order valence-corrected chi connectivity index (χ3v) is 8.83. The van der Waals surface area contributed by atoms with Crippen molar-refractivity contribution in [2.24, 2.45) is 0 Å². The second-order valence-corrected chi connectivity index (χ2v) is 11.3. The van der Waals surface area contributed by atoms with E-state index in [1.165, 1.54) is 38.8 Å². The molecule has 5 nitrogen and oxygen atoms in total. The van der Waals surface area contributed by atoms with Crippen molar-refractivity contribution in [2.75, 3.05) is 18.0 Å². The molecule has 4 aliphatic rings. The van der Waals surface area contributed by atoms with Crippen LogP contribution in [0.15, 0.2) is 18.2 Å². The van der Waals surface area contributed by atoms with Crippen molar-refractivity contribution < 1.29 is 9.18 Å². The minimum absolute atomic E-state index is 0.0533. The molecular weight excluding hydrogens is 411 g/mol. The molecule has 2 unspecified atom stereocenters. The molecule has 6 rings (SSSR count). The summed E-state index contributed by atoms with van der Waals surface area (Å²) in [7, 11) is 0. The molecular formula is C24H31FN4OS. The van der Waals surface area contributed by atoms with Gasteiger partial charge in [0.15, 0.2) is 5.13 Å². The Kier molecular flexibility index (Phi) is 4.76. The van der Waals surface area contributed by atoms with Crippen molar-refractivity contribution in [3.63, 3.8) is 0 Å². The average molecular weight is 443 g/mol. The summed E-state index contributed by atoms with van der Waals surface area (Å²) in [6.07, 6.45) is 7.73. The van der Waals surface area contributed by atoms with E-state index in [1.54, 1.807) is 18.3 Å². The van der Waals surface area contributed by atoms with Crippen molar-refractivity contribution in [3.05, 3.63) is 23.8 Å². The number of benzene rings is 1. The lowest BCUT2D eigenvalue weighted by Crippen LogP contribution is -2.54. The number of hydrogen-bond donors (Lipinski definition) is 1. The topological polar surface area (TPSA) is 48.5 Å². The van der Waals surface area contributed by atoms with Crippen molar-refractivity contribution >= 4 is 32.6 Å². The lowest BCUT2D eigenvalue weighted by atomic mass is 9.85. The van der Waals surface area contributed by atoms with Gasteiger partial charge in [-0.25, -0.2) is 9.37 Å². The van der Waals surface area contributed by atoms with Crippen LogP contribution in [0.2, 0.25) is 0 Å². The lowest BCUT2D eigenvalue weighted by molar-refractivity contribution is 0.0850. The van der Waals surface area contributed by atoms with Crippen LogP contribution in [-0.4, -0.2) is 58.7 Å². The zero-order chi connectivity index (χ0) is 21.2. The molecule has 4 fully saturated rings. The fraction of sp³-hybridized carbons (Fsp3) is 0.667. The Bertz CT molecular complexity index is 979. The Labute approximate surface area is 187 Å². The quantitative estimate of drug-likeness (QED) is 0.757. The summed E-state index contributed by atoms with van der Waals surface area (Å²) in [5.74, 6) is -0.0533. The summed E-state index contributed by atoms with van der Waals surface area (Å²) in [5.41, 5.74) is 0.576. The predicted molar refractivity (Wildman–Crippen MR) is 123 cm³/mol. The minimum Gasteiger partial charge on any atom is -0.349 e. The normalized spacial score (nSPS) is 33.7. The van der Waals surface area contributed by atoms with Crippen molar-refractivity contribution in [1.29, 1.82) is 0 Å². The second-order valence-electron chi connectivity index (χ2n) is 10.3. The number of thiazole rings is 1. The highest BCUT2D eigenvalue weighted by atomic mass is 32.1. The number of amides is 1. The van der Waals surface area contributed by atoms with Crippen LogP contribution < -0.4 is 10.2 Å². The molecule has 7 heteroatoms. The van der Waals surface area contributed by atoms with Crippen LogP contribution in [0.1, 0.15) is 68.6 Å². The zero-order valence-electron chi connectivity index (χ0n) is 18.1. The molecule has 3 heterocycles.